The summed E-state index contributed by atoms with van der Waals surface area (Å²) < 4.78 is 0. The lowest BCUT2D eigenvalue weighted by Gasteiger charge is -2.43. The molecule has 2 aliphatic carbocycles. The SMILES string of the molecule is NC1(c2ccccc2C2CC2)CC(O)C1. The molecule has 2 aliphatic rings. The van der Waals surface area contributed by atoms with Crippen molar-refractivity contribution in [3.63, 3.8) is 0 Å². The van der Waals surface area contributed by atoms with Gasteiger partial charge in [-0.1, -0.05) is 24.3 Å². The van der Waals surface area contributed by atoms with Gasteiger partial charge in [-0.3, -0.25) is 0 Å². The maximum Gasteiger partial charge on any atom is 0.0582 e. The highest BCUT2D eigenvalue weighted by molar-refractivity contribution is 5.40. The van der Waals surface area contributed by atoms with Crippen molar-refractivity contribution in [1.29, 1.82) is 0 Å². The third-order valence-electron chi connectivity index (χ3n) is 3.71. The van der Waals surface area contributed by atoms with Crippen LogP contribution >= 0.6 is 0 Å². The topological polar surface area (TPSA) is 46.2 Å². The van der Waals surface area contributed by atoms with Crippen LogP contribution in [0.5, 0.6) is 0 Å². The standard InChI is InChI=1S/C13H17NO/c14-13(7-10(15)8-13)12-4-2-1-3-11(12)9-5-6-9/h1-4,9-10,15H,5-8,14H2. The predicted molar refractivity (Wildman–Crippen MR) is 59.5 cm³/mol. The average Bonchev–Trinajstić information content (AvgIpc) is 2.99. The molecule has 0 atom stereocenters. The minimum Gasteiger partial charge on any atom is -0.393 e. The molecule has 1 aromatic carbocycles. The van der Waals surface area contributed by atoms with Crippen molar-refractivity contribution in [2.24, 2.45) is 5.73 Å². The van der Waals surface area contributed by atoms with E-state index in [1.807, 2.05) is 0 Å². The van der Waals surface area contributed by atoms with Gasteiger partial charge in [0.2, 0.25) is 0 Å². The van der Waals surface area contributed by atoms with Gasteiger partial charge in [-0.2, -0.15) is 0 Å². The molecule has 0 aromatic heterocycles. The molecule has 3 N–H and O–H groups in total. The Morgan fingerprint density at radius 1 is 1.20 bits per heavy atom. The van der Waals surface area contributed by atoms with Gasteiger partial charge in [0.05, 0.1) is 6.10 Å². The van der Waals surface area contributed by atoms with Gasteiger partial charge in [-0.15, -0.1) is 0 Å². The molecular weight excluding hydrogens is 186 g/mol. The molecule has 0 unspecified atom stereocenters. The van der Waals surface area contributed by atoms with Gasteiger partial charge in [-0.25, -0.2) is 0 Å². The Balaban J connectivity index is 1.96. The molecule has 0 saturated heterocycles. The van der Waals surface area contributed by atoms with Crippen molar-refractivity contribution in [3.05, 3.63) is 35.4 Å². The molecule has 2 nitrogen and oxygen atoms in total. The van der Waals surface area contributed by atoms with Crippen LogP contribution in [0.2, 0.25) is 0 Å². The van der Waals surface area contributed by atoms with E-state index in [1.54, 1.807) is 0 Å². The third kappa shape index (κ3) is 1.48. The summed E-state index contributed by atoms with van der Waals surface area (Å²) in [5, 5.41) is 9.41. The van der Waals surface area contributed by atoms with Gasteiger partial charge in [0, 0.05) is 5.54 Å². The second-order valence-electron chi connectivity index (χ2n) is 5.08. The molecule has 2 fully saturated rings. The Hall–Kier alpha value is -0.860. The zero-order valence-corrected chi connectivity index (χ0v) is 8.82. The van der Waals surface area contributed by atoms with E-state index in [4.69, 9.17) is 5.73 Å². The smallest absolute Gasteiger partial charge is 0.0582 e. The Bertz CT molecular complexity index is 378. The molecule has 2 heteroatoms. The lowest BCUT2D eigenvalue weighted by Crippen LogP contribution is -2.52. The maximum absolute atomic E-state index is 9.41. The van der Waals surface area contributed by atoms with E-state index in [9.17, 15) is 5.11 Å². The summed E-state index contributed by atoms with van der Waals surface area (Å²) in [6.07, 6.45) is 3.85. The first-order chi connectivity index (χ1) is 7.19. The molecule has 15 heavy (non-hydrogen) atoms. The van der Waals surface area contributed by atoms with E-state index in [2.05, 4.69) is 24.3 Å². The Kier molecular flexibility index (Phi) is 1.91. The first-order valence-electron chi connectivity index (χ1n) is 5.75. The fourth-order valence-electron chi connectivity index (χ4n) is 2.70. The summed E-state index contributed by atoms with van der Waals surface area (Å²) in [7, 11) is 0. The van der Waals surface area contributed by atoms with Gasteiger partial charge >= 0.3 is 0 Å². The summed E-state index contributed by atoms with van der Waals surface area (Å²) >= 11 is 0. The van der Waals surface area contributed by atoms with E-state index in [-0.39, 0.29) is 11.6 Å². The molecule has 0 radical (unpaired) electrons. The van der Waals surface area contributed by atoms with Gasteiger partial charge in [0.1, 0.15) is 0 Å². The largest absolute Gasteiger partial charge is 0.393 e. The Morgan fingerprint density at radius 3 is 2.47 bits per heavy atom. The molecule has 0 bridgehead atoms. The molecule has 0 spiro atoms. The molecule has 0 heterocycles. The summed E-state index contributed by atoms with van der Waals surface area (Å²) in [5.41, 5.74) is 8.77. The fraction of sp³-hybridized carbons (Fsp3) is 0.538. The van der Waals surface area contributed by atoms with Gasteiger partial charge in [-0.05, 0) is 42.7 Å². The second kappa shape index (κ2) is 3.06. The van der Waals surface area contributed by atoms with Crippen LogP contribution in [0, 0.1) is 0 Å². The molecule has 0 aliphatic heterocycles. The average molecular weight is 203 g/mol. The number of aliphatic hydroxyl groups is 1. The van der Waals surface area contributed by atoms with Crippen molar-refractivity contribution in [1.82, 2.24) is 0 Å². The highest BCUT2D eigenvalue weighted by Crippen LogP contribution is 2.47. The van der Waals surface area contributed by atoms with Crippen molar-refractivity contribution in [2.45, 2.75) is 43.2 Å². The summed E-state index contributed by atoms with van der Waals surface area (Å²) in [5.74, 6) is 0.736. The van der Waals surface area contributed by atoms with E-state index < -0.39 is 0 Å². The molecule has 80 valence electrons. The summed E-state index contributed by atoms with van der Waals surface area (Å²) in [4.78, 5) is 0. The first kappa shape index (κ1) is 9.37. The Morgan fingerprint density at radius 2 is 1.87 bits per heavy atom. The van der Waals surface area contributed by atoms with E-state index in [1.165, 1.54) is 24.0 Å². The van der Waals surface area contributed by atoms with E-state index >= 15 is 0 Å². The van der Waals surface area contributed by atoms with Gasteiger partial charge in [0.15, 0.2) is 0 Å². The number of hydrogen-bond acceptors (Lipinski definition) is 2. The number of benzene rings is 1. The highest BCUT2D eigenvalue weighted by Gasteiger charge is 2.44. The second-order valence-corrected chi connectivity index (χ2v) is 5.08. The Labute approximate surface area is 90.1 Å². The number of aliphatic hydroxyl groups excluding tert-OH is 1. The van der Waals surface area contributed by atoms with Crippen LogP contribution in [0.15, 0.2) is 24.3 Å². The molecule has 0 amide bonds. The van der Waals surface area contributed by atoms with Crippen LogP contribution in [0.3, 0.4) is 0 Å². The number of rotatable bonds is 2. The van der Waals surface area contributed by atoms with Crippen molar-refractivity contribution >= 4 is 0 Å². The normalized spacial score (nSPS) is 34.9. The lowest BCUT2D eigenvalue weighted by molar-refractivity contribution is 0.0205. The van der Waals surface area contributed by atoms with Crippen molar-refractivity contribution in [2.75, 3.05) is 0 Å². The third-order valence-corrected chi connectivity index (χ3v) is 3.71. The van der Waals surface area contributed by atoms with Crippen molar-refractivity contribution < 1.29 is 5.11 Å². The van der Waals surface area contributed by atoms with Crippen molar-refractivity contribution in [3.8, 4) is 0 Å². The molecule has 3 rings (SSSR count). The quantitative estimate of drug-likeness (QED) is 0.770. The van der Waals surface area contributed by atoms with Crippen LogP contribution in [0.4, 0.5) is 0 Å². The first-order valence-corrected chi connectivity index (χ1v) is 5.75. The van der Waals surface area contributed by atoms with Crippen LogP contribution in [0.25, 0.3) is 0 Å². The van der Waals surface area contributed by atoms with Gasteiger partial charge in [0.25, 0.3) is 0 Å². The summed E-state index contributed by atoms with van der Waals surface area (Å²) in [6.45, 7) is 0. The number of hydrogen-bond donors (Lipinski definition) is 2. The monoisotopic (exact) mass is 203 g/mol. The molecule has 2 saturated carbocycles. The van der Waals surface area contributed by atoms with Gasteiger partial charge < -0.3 is 10.8 Å². The maximum atomic E-state index is 9.41. The van der Waals surface area contributed by atoms with Crippen LogP contribution in [-0.2, 0) is 5.54 Å². The predicted octanol–water partition coefficient (Wildman–Crippen LogP) is 1.87. The zero-order chi connectivity index (χ0) is 10.5. The summed E-state index contributed by atoms with van der Waals surface area (Å²) in [6, 6.07) is 8.49. The zero-order valence-electron chi connectivity index (χ0n) is 8.82. The van der Waals surface area contributed by atoms with E-state index in [0.717, 1.165) is 18.8 Å². The molecule has 1 aromatic rings. The lowest BCUT2D eigenvalue weighted by atomic mass is 9.69. The van der Waals surface area contributed by atoms with E-state index in [0.29, 0.717) is 0 Å². The van der Waals surface area contributed by atoms with Crippen LogP contribution < -0.4 is 5.73 Å². The van der Waals surface area contributed by atoms with Crippen LogP contribution in [0.1, 0.15) is 42.7 Å². The minimum atomic E-state index is -0.251. The minimum absolute atomic E-state index is 0.192. The highest BCUT2D eigenvalue weighted by atomic mass is 16.3. The molecular formula is C13H17NO. The number of nitrogens with two attached hydrogens (primary N) is 1. The van der Waals surface area contributed by atoms with Crippen LogP contribution in [-0.4, -0.2) is 11.2 Å². The fourth-order valence-corrected chi connectivity index (χ4v) is 2.70.